The Kier molecular flexibility index (Phi) is 4.22. The predicted molar refractivity (Wildman–Crippen MR) is 104 cm³/mol. The molecule has 1 N–H and O–H groups in total. The number of thiazole rings is 1. The van der Waals surface area contributed by atoms with E-state index < -0.39 is 0 Å². The van der Waals surface area contributed by atoms with E-state index in [1.54, 1.807) is 17.0 Å². The number of carbonyl (C=O) groups is 1. The number of hydrogen-bond acceptors (Lipinski definition) is 5. The molecule has 0 atom stereocenters. The number of rotatable bonds is 4. The number of H-pyrrole nitrogens is 1. The van der Waals surface area contributed by atoms with Crippen molar-refractivity contribution in [3.63, 3.8) is 0 Å². The Morgan fingerprint density at radius 3 is 2.62 bits per heavy atom. The maximum Gasteiger partial charge on any atom is 0.272 e. The van der Waals surface area contributed by atoms with Gasteiger partial charge in [-0.1, -0.05) is 41.7 Å². The zero-order valence-corrected chi connectivity index (χ0v) is 14.9. The molecule has 26 heavy (non-hydrogen) atoms. The summed E-state index contributed by atoms with van der Waals surface area (Å²) in [6.45, 7) is 2.43. The molecule has 0 aliphatic carbocycles. The number of benzene rings is 2. The number of hydrogen-bond donors (Lipinski definition) is 1. The SMILES string of the molecule is CCN(C(=O)Cc1n[nH]c(=O)c2ccccc12)c1nc2ccccc2s1. The highest BCUT2D eigenvalue weighted by Gasteiger charge is 2.20. The maximum absolute atomic E-state index is 12.9. The molecule has 0 saturated carbocycles. The van der Waals surface area contributed by atoms with Crippen molar-refractivity contribution >= 4 is 43.4 Å². The van der Waals surface area contributed by atoms with Gasteiger partial charge in [-0.15, -0.1) is 0 Å². The lowest BCUT2D eigenvalue weighted by atomic mass is 10.1. The largest absolute Gasteiger partial charge is 0.288 e. The molecule has 2 aromatic heterocycles. The molecule has 7 heteroatoms. The van der Waals surface area contributed by atoms with E-state index in [0.29, 0.717) is 28.1 Å². The molecule has 0 bridgehead atoms. The van der Waals surface area contributed by atoms with E-state index in [0.717, 1.165) is 10.2 Å². The zero-order chi connectivity index (χ0) is 18.1. The number of carbonyl (C=O) groups excluding carboxylic acids is 1. The van der Waals surface area contributed by atoms with Crippen LogP contribution < -0.4 is 10.5 Å². The molecule has 2 aromatic carbocycles. The Morgan fingerprint density at radius 1 is 1.12 bits per heavy atom. The summed E-state index contributed by atoms with van der Waals surface area (Å²) < 4.78 is 1.04. The number of amides is 1. The van der Waals surface area contributed by atoms with Crippen molar-refractivity contribution in [2.45, 2.75) is 13.3 Å². The van der Waals surface area contributed by atoms with Gasteiger partial charge in [0.15, 0.2) is 5.13 Å². The van der Waals surface area contributed by atoms with Gasteiger partial charge in [-0.05, 0) is 25.1 Å². The van der Waals surface area contributed by atoms with Gasteiger partial charge in [-0.25, -0.2) is 10.1 Å². The third-order valence-corrected chi connectivity index (χ3v) is 5.28. The molecule has 2 heterocycles. The molecule has 4 rings (SSSR count). The van der Waals surface area contributed by atoms with Crippen molar-refractivity contribution in [3.8, 4) is 0 Å². The minimum atomic E-state index is -0.254. The minimum absolute atomic E-state index is 0.0983. The van der Waals surface area contributed by atoms with Gasteiger partial charge in [0.05, 0.1) is 27.7 Å². The molecule has 4 aromatic rings. The Hall–Kier alpha value is -3.06. The van der Waals surface area contributed by atoms with Crippen LogP contribution in [0.5, 0.6) is 0 Å². The Balaban J connectivity index is 1.68. The van der Waals surface area contributed by atoms with Crippen molar-refractivity contribution in [1.29, 1.82) is 0 Å². The molecular weight excluding hydrogens is 348 g/mol. The summed E-state index contributed by atoms with van der Waals surface area (Å²) in [7, 11) is 0. The number of aromatic amines is 1. The highest BCUT2D eigenvalue weighted by Crippen LogP contribution is 2.29. The van der Waals surface area contributed by atoms with Gasteiger partial charge < -0.3 is 0 Å². The fourth-order valence-corrected chi connectivity index (χ4v) is 3.99. The maximum atomic E-state index is 12.9. The van der Waals surface area contributed by atoms with Crippen LogP contribution in [-0.4, -0.2) is 27.6 Å². The van der Waals surface area contributed by atoms with Crippen molar-refractivity contribution in [2.75, 3.05) is 11.4 Å². The first-order chi connectivity index (χ1) is 12.7. The molecule has 0 aliphatic heterocycles. The number of para-hydroxylation sites is 1. The standard InChI is InChI=1S/C19H16N4O2S/c1-2-23(19-20-14-9-5-6-10-16(14)26-19)17(24)11-15-12-7-3-4-8-13(12)18(25)22-21-15/h3-10H,2,11H2,1H3,(H,22,25). The quantitative estimate of drug-likeness (QED) is 0.603. The van der Waals surface area contributed by atoms with Crippen LogP contribution in [-0.2, 0) is 11.2 Å². The van der Waals surface area contributed by atoms with Crippen molar-refractivity contribution in [1.82, 2.24) is 15.2 Å². The second-order valence-electron chi connectivity index (χ2n) is 5.82. The number of nitrogens with one attached hydrogen (secondary N) is 1. The van der Waals surface area contributed by atoms with Crippen LogP contribution in [0.2, 0.25) is 0 Å². The Labute approximate surface area is 153 Å². The van der Waals surface area contributed by atoms with Crippen LogP contribution in [0.3, 0.4) is 0 Å². The second kappa shape index (κ2) is 6.68. The number of likely N-dealkylation sites (N-methyl/N-ethyl adjacent to an activating group) is 1. The van der Waals surface area contributed by atoms with Crippen LogP contribution in [0.15, 0.2) is 53.3 Å². The van der Waals surface area contributed by atoms with E-state index in [1.165, 1.54) is 11.3 Å². The fourth-order valence-electron chi connectivity index (χ4n) is 2.94. The van der Waals surface area contributed by atoms with Gasteiger partial charge in [-0.3, -0.25) is 14.5 Å². The summed E-state index contributed by atoms with van der Waals surface area (Å²) in [5, 5.41) is 8.48. The molecule has 0 saturated heterocycles. The lowest BCUT2D eigenvalue weighted by Gasteiger charge is -2.17. The smallest absolute Gasteiger partial charge is 0.272 e. The summed E-state index contributed by atoms with van der Waals surface area (Å²) in [5.74, 6) is -0.101. The van der Waals surface area contributed by atoms with Crippen molar-refractivity contribution < 1.29 is 4.79 Å². The van der Waals surface area contributed by atoms with Gasteiger partial charge in [0, 0.05) is 11.9 Å². The van der Waals surface area contributed by atoms with E-state index in [-0.39, 0.29) is 17.9 Å². The van der Waals surface area contributed by atoms with Crippen LogP contribution in [0.25, 0.3) is 21.0 Å². The normalized spacial score (nSPS) is 11.1. The lowest BCUT2D eigenvalue weighted by Crippen LogP contribution is -2.32. The third kappa shape index (κ3) is 2.86. The first kappa shape index (κ1) is 16.4. The van der Waals surface area contributed by atoms with Gasteiger partial charge in [-0.2, -0.15) is 5.10 Å². The van der Waals surface area contributed by atoms with Crippen LogP contribution in [0.1, 0.15) is 12.6 Å². The topological polar surface area (TPSA) is 79.0 Å². The molecular formula is C19H16N4O2S. The van der Waals surface area contributed by atoms with Crippen molar-refractivity contribution in [3.05, 3.63) is 64.6 Å². The molecule has 6 nitrogen and oxygen atoms in total. The Bertz CT molecular complexity index is 1130. The first-order valence-corrected chi connectivity index (χ1v) is 9.11. The minimum Gasteiger partial charge on any atom is -0.288 e. The van der Waals surface area contributed by atoms with E-state index in [1.807, 2.05) is 43.3 Å². The van der Waals surface area contributed by atoms with E-state index in [4.69, 9.17) is 0 Å². The van der Waals surface area contributed by atoms with Gasteiger partial charge in [0.2, 0.25) is 5.91 Å². The first-order valence-electron chi connectivity index (χ1n) is 8.29. The molecule has 0 aliphatic rings. The molecule has 0 spiro atoms. The van der Waals surface area contributed by atoms with Gasteiger partial charge >= 0.3 is 0 Å². The molecule has 130 valence electrons. The average Bonchev–Trinajstić information content (AvgIpc) is 3.08. The number of fused-ring (bicyclic) bond motifs is 2. The molecule has 0 unspecified atom stereocenters. The monoisotopic (exact) mass is 364 g/mol. The summed E-state index contributed by atoms with van der Waals surface area (Å²) >= 11 is 1.49. The van der Waals surface area contributed by atoms with Gasteiger partial charge in [0.1, 0.15) is 0 Å². The highest BCUT2D eigenvalue weighted by atomic mass is 32.1. The van der Waals surface area contributed by atoms with Crippen molar-refractivity contribution in [2.24, 2.45) is 0 Å². The number of anilines is 1. The summed E-state index contributed by atoms with van der Waals surface area (Å²) in [6.07, 6.45) is 0.0983. The van der Waals surface area contributed by atoms with E-state index in [2.05, 4.69) is 15.2 Å². The molecule has 0 radical (unpaired) electrons. The van der Waals surface area contributed by atoms with E-state index in [9.17, 15) is 9.59 Å². The van der Waals surface area contributed by atoms with Gasteiger partial charge in [0.25, 0.3) is 5.56 Å². The Morgan fingerprint density at radius 2 is 1.85 bits per heavy atom. The van der Waals surface area contributed by atoms with Crippen LogP contribution in [0.4, 0.5) is 5.13 Å². The van der Waals surface area contributed by atoms with Crippen LogP contribution >= 0.6 is 11.3 Å². The number of nitrogens with zero attached hydrogens (tertiary/aromatic N) is 3. The summed E-state index contributed by atoms with van der Waals surface area (Å²) in [4.78, 5) is 31.0. The molecule has 1 amide bonds. The second-order valence-corrected chi connectivity index (χ2v) is 6.83. The molecule has 0 fully saturated rings. The lowest BCUT2D eigenvalue weighted by molar-refractivity contribution is -0.118. The summed E-state index contributed by atoms with van der Waals surface area (Å²) in [5.41, 5.74) is 1.19. The average molecular weight is 364 g/mol. The predicted octanol–water partition coefficient (Wildman–Crippen LogP) is 3.13. The van der Waals surface area contributed by atoms with Crippen LogP contribution in [0, 0.1) is 0 Å². The number of aromatic nitrogens is 3. The van der Waals surface area contributed by atoms with E-state index >= 15 is 0 Å². The summed E-state index contributed by atoms with van der Waals surface area (Å²) in [6, 6.07) is 15.0. The zero-order valence-electron chi connectivity index (χ0n) is 14.1. The fraction of sp³-hybridized carbons (Fsp3) is 0.158. The third-order valence-electron chi connectivity index (χ3n) is 4.22. The highest BCUT2D eigenvalue weighted by molar-refractivity contribution is 7.22.